The zero-order valence-electron chi connectivity index (χ0n) is 9.04. The lowest BCUT2D eigenvalue weighted by Gasteiger charge is -2.28. The molecule has 1 N–H and O–H groups in total. The maximum atomic E-state index is 11.5. The van der Waals surface area contributed by atoms with Crippen molar-refractivity contribution >= 4 is 11.7 Å². The molecule has 0 amide bonds. The summed E-state index contributed by atoms with van der Waals surface area (Å²) in [5, 5.41) is 3.12. The van der Waals surface area contributed by atoms with E-state index >= 15 is 0 Å². The molecular formula is C12H15NO2. The number of allylic oxidation sites excluding steroid dienone is 2. The largest absolute Gasteiger partial charge is 0.449 e. The van der Waals surface area contributed by atoms with Gasteiger partial charge in [0, 0.05) is 24.3 Å². The number of hydrogen-bond donors (Lipinski definition) is 1. The fourth-order valence-corrected chi connectivity index (χ4v) is 1.93. The third kappa shape index (κ3) is 2.49. The Labute approximate surface area is 89.2 Å². The number of carbonyl (C=O) groups excluding carboxylic acids is 1. The number of hydrogen-bond acceptors (Lipinski definition) is 3. The van der Waals surface area contributed by atoms with Gasteiger partial charge in [-0.25, -0.2) is 0 Å². The first-order valence-corrected chi connectivity index (χ1v) is 5.09. The summed E-state index contributed by atoms with van der Waals surface area (Å²) in [6.45, 7) is 4.20. The highest BCUT2D eigenvalue weighted by atomic mass is 16.3. The van der Waals surface area contributed by atoms with E-state index in [1.165, 1.54) is 0 Å². The van der Waals surface area contributed by atoms with Crippen molar-refractivity contribution in [1.29, 1.82) is 0 Å². The van der Waals surface area contributed by atoms with Crippen LogP contribution in [0.4, 0.5) is 5.88 Å². The van der Waals surface area contributed by atoms with Crippen LogP contribution in [-0.4, -0.2) is 5.78 Å². The van der Waals surface area contributed by atoms with Crippen molar-refractivity contribution < 1.29 is 9.21 Å². The van der Waals surface area contributed by atoms with Gasteiger partial charge in [0.2, 0.25) is 0 Å². The van der Waals surface area contributed by atoms with Gasteiger partial charge in [0.15, 0.2) is 11.7 Å². The first-order valence-electron chi connectivity index (χ1n) is 5.09. The normalized spacial score (nSPS) is 19.9. The zero-order valence-corrected chi connectivity index (χ0v) is 9.04. The molecule has 1 heterocycles. The number of furan rings is 1. The third-order valence-electron chi connectivity index (χ3n) is 2.46. The van der Waals surface area contributed by atoms with Crippen molar-refractivity contribution in [2.75, 3.05) is 5.32 Å². The fraction of sp³-hybridized carbons (Fsp3) is 0.417. The monoisotopic (exact) mass is 205 g/mol. The molecular weight excluding hydrogens is 190 g/mol. The van der Waals surface area contributed by atoms with Gasteiger partial charge < -0.3 is 9.73 Å². The van der Waals surface area contributed by atoms with Crippen molar-refractivity contribution in [3.05, 3.63) is 30.2 Å². The van der Waals surface area contributed by atoms with E-state index < -0.39 is 0 Å². The predicted octanol–water partition coefficient (Wildman–Crippen LogP) is 2.96. The van der Waals surface area contributed by atoms with Crippen LogP contribution in [0, 0.1) is 5.41 Å². The van der Waals surface area contributed by atoms with Gasteiger partial charge in [-0.3, -0.25) is 4.79 Å². The Balaban J connectivity index is 2.13. The van der Waals surface area contributed by atoms with E-state index in [0.29, 0.717) is 12.3 Å². The molecule has 1 aromatic rings. The minimum absolute atomic E-state index is 0.0424. The molecule has 0 spiro atoms. The summed E-state index contributed by atoms with van der Waals surface area (Å²) in [4.78, 5) is 11.5. The maximum absolute atomic E-state index is 11.5. The standard InChI is InChI=1S/C12H15NO2/c1-12(2)7-9(6-10(14)8-12)13-11-4-3-5-15-11/h3-6,13H,7-8H2,1-2H3. The number of carbonyl (C=O) groups is 1. The van der Waals surface area contributed by atoms with Crippen LogP contribution < -0.4 is 5.32 Å². The van der Waals surface area contributed by atoms with E-state index in [2.05, 4.69) is 19.2 Å². The molecule has 1 aliphatic carbocycles. The van der Waals surface area contributed by atoms with Crippen LogP contribution in [-0.2, 0) is 4.79 Å². The summed E-state index contributed by atoms with van der Waals surface area (Å²) in [6.07, 6.45) is 4.78. The lowest BCUT2D eigenvalue weighted by molar-refractivity contribution is -0.117. The Bertz CT molecular complexity index is 388. The molecule has 2 rings (SSSR count). The van der Waals surface area contributed by atoms with Gasteiger partial charge in [-0.15, -0.1) is 0 Å². The van der Waals surface area contributed by atoms with Crippen molar-refractivity contribution in [3.8, 4) is 0 Å². The second kappa shape index (κ2) is 3.57. The van der Waals surface area contributed by atoms with Crippen LogP contribution in [0.1, 0.15) is 26.7 Å². The van der Waals surface area contributed by atoms with E-state index in [9.17, 15) is 4.79 Å². The molecule has 15 heavy (non-hydrogen) atoms. The lowest BCUT2D eigenvalue weighted by Crippen LogP contribution is -2.24. The van der Waals surface area contributed by atoms with Crippen LogP contribution in [0.5, 0.6) is 0 Å². The van der Waals surface area contributed by atoms with Crippen LogP contribution in [0.2, 0.25) is 0 Å². The van der Waals surface area contributed by atoms with Crippen molar-refractivity contribution in [2.24, 2.45) is 5.41 Å². The van der Waals surface area contributed by atoms with Crippen molar-refractivity contribution in [3.63, 3.8) is 0 Å². The number of anilines is 1. The van der Waals surface area contributed by atoms with Crippen molar-refractivity contribution in [2.45, 2.75) is 26.7 Å². The summed E-state index contributed by atoms with van der Waals surface area (Å²) in [6, 6.07) is 3.66. The lowest BCUT2D eigenvalue weighted by atomic mass is 9.79. The highest BCUT2D eigenvalue weighted by Gasteiger charge is 2.27. The van der Waals surface area contributed by atoms with Gasteiger partial charge in [0.1, 0.15) is 0 Å². The molecule has 0 unspecified atom stereocenters. The Kier molecular flexibility index (Phi) is 2.39. The first kappa shape index (κ1) is 10.0. The molecule has 0 aliphatic heterocycles. The van der Waals surface area contributed by atoms with Crippen LogP contribution in [0.3, 0.4) is 0 Å². The smallest absolute Gasteiger partial charge is 0.196 e. The predicted molar refractivity (Wildman–Crippen MR) is 58.4 cm³/mol. The quantitative estimate of drug-likeness (QED) is 0.807. The highest BCUT2D eigenvalue weighted by molar-refractivity contribution is 5.92. The highest BCUT2D eigenvalue weighted by Crippen LogP contribution is 2.33. The molecule has 0 bridgehead atoms. The SMILES string of the molecule is CC1(C)CC(=O)C=C(Nc2ccco2)C1. The van der Waals surface area contributed by atoms with E-state index in [0.717, 1.165) is 12.1 Å². The molecule has 1 aromatic heterocycles. The van der Waals surface area contributed by atoms with Crippen molar-refractivity contribution in [1.82, 2.24) is 0 Å². The zero-order chi connectivity index (χ0) is 10.9. The molecule has 0 fully saturated rings. The molecule has 3 nitrogen and oxygen atoms in total. The Morgan fingerprint density at radius 1 is 1.40 bits per heavy atom. The van der Waals surface area contributed by atoms with Gasteiger partial charge in [-0.1, -0.05) is 13.8 Å². The molecule has 3 heteroatoms. The average Bonchev–Trinajstić information content (AvgIpc) is 2.52. The van der Waals surface area contributed by atoms with Gasteiger partial charge in [-0.05, 0) is 17.9 Å². The minimum atomic E-state index is 0.0424. The van der Waals surface area contributed by atoms with Crippen LogP contribution >= 0.6 is 0 Å². The van der Waals surface area contributed by atoms with Gasteiger partial charge >= 0.3 is 0 Å². The van der Waals surface area contributed by atoms with E-state index in [1.807, 2.05) is 12.1 Å². The van der Waals surface area contributed by atoms with Gasteiger partial charge in [0.05, 0.1) is 6.26 Å². The maximum Gasteiger partial charge on any atom is 0.196 e. The van der Waals surface area contributed by atoms with Gasteiger partial charge in [0.25, 0.3) is 0 Å². The fourth-order valence-electron chi connectivity index (χ4n) is 1.93. The van der Waals surface area contributed by atoms with Gasteiger partial charge in [-0.2, -0.15) is 0 Å². The second-order valence-corrected chi connectivity index (χ2v) is 4.76. The molecule has 0 saturated carbocycles. The molecule has 0 atom stereocenters. The number of nitrogens with one attached hydrogen (secondary N) is 1. The summed E-state index contributed by atoms with van der Waals surface area (Å²) < 4.78 is 5.18. The Morgan fingerprint density at radius 3 is 2.80 bits per heavy atom. The van der Waals surface area contributed by atoms with Crippen LogP contribution in [0.15, 0.2) is 34.6 Å². The topological polar surface area (TPSA) is 42.2 Å². The number of rotatable bonds is 2. The summed E-state index contributed by atoms with van der Waals surface area (Å²) in [5.41, 5.74) is 0.979. The van der Waals surface area contributed by atoms with E-state index in [1.54, 1.807) is 12.3 Å². The Hall–Kier alpha value is -1.51. The molecule has 80 valence electrons. The third-order valence-corrected chi connectivity index (χ3v) is 2.46. The molecule has 1 aliphatic rings. The van der Waals surface area contributed by atoms with Crippen LogP contribution in [0.25, 0.3) is 0 Å². The summed E-state index contributed by atoms with van der Waals surface area (Å²) >= 11 is 0. The summed E-state index contributed by atoms with van der Waals surface area (Å²) in [7, 11) is 0. The summed E-state index contributed by atoms with van der Waals surface area (Å²) in [5.74, 6) is 0.868. The molecule has 0 aromatic carbocycles. The Morgan fingerprint density at radius 2 is 2.20 bits per heavy atom. The molecule has 0 radical (unpaired) electrons. The minimum Gasteiger partial charge on any atom is -0.449 e. The molecule has 0 saturated heterocycles. The first-order chi connectivity index (χ1) is 7.05. The average molecular weight is 205 g/mol. The van der Waals surface area contributed by atoms with E-state index in [4.69, 9.17) is 4.42 Å². The van der Waals surface area contributed by atoms with E-state index in [-0.39, 0.29) is 11.2 Å². The number of ketones is 1. The second-order valence-electron chi connectivity index (χ2n) is 4.76.